The van der Waals surface area contributed by atoms with Gasteiger partial charge in [-0.3, -0.25) is 4.79 Å². The molecule has 0 N–H and O–H groups in total. The van der Waals surface area contributed by atoms with Gasteiger partial charge < -0.3 is 4.74 Å². The van der Waals surface area contributed by atoms with E-state index in [-0.39, 0.29) is 12.4 Å². The van der Waals surface area contributed by atoms with Crippen LogP contribution in [0.25, 0.3) is 22.3 Å². The quantitative estimate of drug-likeness (QED) is 0.165. The van der Waals surface area contributed by atoms with E-state index in [9.17, 15) is 4.79 Å². The van der Waals surface area contributed by atoms with E-state index in [1.54, 1.807) is 12.1 Å². The van der Waals surface area contributed by atoms with Crippen LogP contribution in [0.5, 0.6) is 5.75 Å². The van der Waals surface area contributed by atoms with Crippen molar-refractivity contribution >= 4 is 5.97 Å². The van der Waals surface area contributed by atoms with E-state index < -0.39 is 0 Å². The van der Waals surface area contributed by atoms with Gasteiger partial charge in [0.2, 0.25) is 0 Å². The molecule has 0 aliphatic carbocycles. The summed E-state index contributed by atoms with van der Waals surface area (Å²) >= 11 is 0. The number of carbonyl (C=O) groups excluding carboxylic acids is 1. The lowest BCUT2D eigenvalue weighted by molar-refractivity contribution is -0.133. The number of benzene rings is 4. The highest BCUT2D eigenvalue weighted by atomic mass is 16.5. The molecule has 0 atom stereocenters. The molecule has 3 heteroatoms. The van der Waals surface area contributed by atoms with E-state index in [0.717, 1.165) is 40.7 Å². The fourth-order valence-electron chi connectivity index (χ4n) is 3.73. The molecule has 4 rings (SSSR count). The molecule has 0 saturated carbocycles. The summed E-state index contributed by atoms with van der Waals surface area (Å²) in [5.41, 5.74) is 7.07. The molecule has 0 aliphatic rings. The molecule has 0 spiro atoms. The van der Waals surface area contributed by atoms with Gasteiger partial charge in [-0.25, -0.2) is 0 Å². The van der Waals surface area contributed by atoms with Crippen molar-refractivity contribution < 1.29 is 9.53 Å². The number of rotatable bonds is 8. The second kappa shape index (κ2) is 10.9. The molecule has 3 nitrogen and oxygen atoms in total. The van der Waals surface area contributed by atoms with Crippen molar-refractivity contribution in [2.75, 3.05) is 0 Å². The first-order chi connectivity index (χ1) is 16.6. The highest BCUT2D eigenvalue weighted by Gasteiger charge is 2.08. The Bertz CT molecular complexity index is 1290. The summed E-state index contributed by atoms with van der Waals surface area (Å²) < 4.78 is 5.53. The number of aryl methyl sites for hydroxylation is 1. The molecule has 0 amide bonds. The van der Waals surface area contributed by atoms with E-state index in [1.165, 1.54) is 5.56 Å². The summed E-state index contributed by atoms with van der Waals surface area (Å²) in [6.45, 7) is 3.77. The predicted molar refractivity (Wildman–Crippen MR) is 136 cm³/mol. The van der Waals surface area contributed by atoms with Crippen LogP contribution in [0.2, 0.25) is 0 Å². The van der Waals surface area contributed by atoms with Crippen LogP contribution in [0.15, 0.2) is 110 Å². The fraction of sp³-hybridized carbons (Fsp3) is 0.0968. The Balaban J connectivity index is 1.33. The Kier molecular flexibility index (Phi) is 7.32. The third-order valence-corrected chi connectivity index (χ3v) is 5.66. The number of allylic oxidation sites excluding steroid dienone is 1. The topological polar surface area (TPSA) is 50.1 Å². The Morgan fingerprint density at radius 3 is 1.71 bits per heavy atom. The molecule has 4 aromatic rings. The predicted octanol–water partition coefficient (Wildman–Crippen LogP) is 7.16. The summed E-state index contributed by atoms with van der Waals surface area (Å²) in [7, 11) is 0. The van der Waals surface area contributed by atoms with E-state index in [2.05, 4.69) is 36.9 Å². The molecule has 0 fully saturated rings. The summed E-state index contributed by atoms with van der Waals surface area (Å²) in [4.78, 5) is 12.4. The van der Waals surface area contributed by atoms with Gasteiger partial charge >= 0.3 is 5.97 Å². The zero-order chi connectivity index (χ0) is 23.8. The highest BCUT2D eigenvalue weighted by molar-refractivity contribution is 5.76. The maximum absolute atomic E-state index is 12.4. The second-order valence-corrected chi connectivity index (χ2v) is 8.09. The van der Waals surface area contributed by atoms with Crippen LogP contribution in [0.3, 0.4) is 0 Å². The van der Waals surface area contributed by atoms with Crippen LogP contribution in [0, 0.1) is 11.3 Å². The zero-order valence-corrected chi connectivity index (χ0v) is 18.9. The van der Waals surface area contributed by atoms with Crippen LogP contribution in [0.1, 0.15) is 23.1 Å². The number of hydrogen-bond acceptors (Lipinski definition) is 3. The van der Waals surface area contributed by atoms with Crippen LogP contribution in [-0.4, -0.2) is 5.97 Å². The lowest BCUT2D eigenvalue weighted by atomic mass is 10.0. The lowest BCUT2D eigenvalue weighted by Gasteiger charge is -2.08. The minimum Gasteiger partial charge on any atom is -0.426 e. The first-order valence-electron chi connectivity index (χ1n) is 11.2. The molecule has 0 aromatic heterocycles. The van der Waals surface area contributed by atoms with Gasteiger partial charge in [0, 0.05) is 0 Å². The maximum atomic E-state index is 12.4. The SMILES string of the molecule is C=CCCc1ccc(-c2ccc(OC(=O)Cc3ccc(-c4ccc(C#N)cc4)cc3)cc2)cc1. The fourth-order valence-corrected chi connectivity index (χ4v) is 3.73. The Hall–Kier alpha value is -4.42. The number of carbonyl (C=O) groups is 1. The van der Waals surface area contributed by atoms with Gasteiger partial charge in [0.05, 0.1) is 18.1 Å². The molecule has 0 saturated heterocycles. The van der Waals surface area contributed by atoms with Crippen molar-refractivity contribution in [1.82, 2.24) is 0 Å². The van der Waals surface area contributed by atoms with Crippen molar-refractivity contribution in [2.24, 2.45) is 0 Å². The van der Waals surface area contributed by atoms with Crippen LogP contribution < -0.4 is 4.74 Å². The minimum absolute atomic E-state index is 0.196. The van der Waals surface area contributed by atoms with E-state index in [1.807, 2.05) is 66.7 Å². The molecule has 34 heavy (non-hydrogen) atoms. The van der Waals surface area contributed by atoms with Gasteiger partial charge in [-0.05, 0) is 70.5 Å². The number of nitrogens with zero attached hydrogens (tertiary/aromatic N) is 1. The largest absolute Gasteiger partial charge is 0.426 e. The molecule has 0 bridgehead atoms. The first kappa shape index (κ1) is 22.8. The van der Waals surface area contributed by atoms with Crippen molar-refractivity contribution in [1.29, 1.82) is 5.26 Å². The Morgan fingerprint density at radius 1 is 0.735 bits per heavy atom. The summed E-state index contributed by atoms with van der Waals surface area (Å²) in [6.07, 6.45) is 4.10. The smallest absolute Gasteiger partial charge is 0.315 e. The van der Waals surface area contributed by atoms with Gasteiger partial charge in [-0.2, -0.15) is 5.26 Å². The van der Waals surface area contributed by atoms with E-state index >= 15 is 0 Å². The van der Waals surface area contributed by atoms with Gasteiger partial charge in [0.1, 0.15) is 5.75 Å². The molecule has 166 valence electrons. The molecule has 0 aliphatic heterocycles. The third-order valence-electron chi connectivity index (χ3n) is 5.66. The lowest BCUT2D eigenvalue weighted by Crippen LogP contribution is -2.11. The van der Waals surface area contributed by atoms with Crippen molar-refractivity contribution in [3.63, 3.8) is 0 Å². The van der Waals surface area contributed by atoms with Crippen LogP contribution >= 0.6 is 0 Å². The Labute approximate surface area is 200 Å². The first-order valence-corrected chi connectivity index (χ1v) is 11.2. The normalized spacial score (nSPS) is 10.3. The second-order valence-electron chi connectivity index (χ2n) is 8.09. The number of hydrogen-bond donors (Lipinski definition) is 0. The average Bonchev–Trinajstić information content (AvgIpc) is 2.89. The van der Waals surface area contributed by atoms with Crippen LogP contribution in [-0.2, 0) is 17.6 Å². The standard InChI is InChI=1S/C31H25NO2/c1-2-3-4-23-5-11-26(12-6-23)29-17-19-30(20-18-29)34-31(33)21-24-7-13-27(14-8-24)28-15-9-25(22-32)10-16-28/h2,5-20H,1,3-4,21H2. The maximum Gasteiger partial charge on any atom is 0.315 e. The number of esters is 1. The van der Waals surface area contributed by atoms with Crippen LogP contribution in [0.4, 0.5) is 0 Å². The summed E-state index contributed by atoms with van der Waals surface area (Å²) in [6, 6.07) is 33.4. The third kappa shape index (κ3) is 5.88. The van der Waals surface area contributed by atoms with Crippen molar-refractivity contribution in [3.8, 4) is 34.1 Å². The van der Waals surface area contributed by atoms with E-state index in [0.29, 0.717) is 11.3 Å². The molecule has 0 heterocycles. The van der Waals surface area contributed by atoms with Crippen molar-refractivity contribution in [3.05, 3.63) is 126 Å². The van der Waals surface area contributed by atoms with Gasteiger partial charge in [0.25, 0.3) is 0 Å². The van der Waals surface area contributed by atoms with E-state index in [4.69, 9.17) is 10.00 Å². The van der Waals surface area contributed by atoms with Gasteiger partial charge in [-0.1, -0.05) is 78.9 Å². The molecular formula is C31H25NO2. The monoisotopic (exact) mass is 443 g/mol. The molecule has 4 aromatic carbocycles. The molecule has 0 radical (unpaired) electrons. The highest BCUT2D eigenvalue weighted by Crippen LogP contribution is 2.24. The average molecular weight is 444 g/mol. The minimum atomic E-state index is -0.301. The molecular weight excluding hydrogens is 418 g/mol. The number of ether oxygens (including phenoxy) is 1. The molecule has 0 unspecified atom stereocenters. The van der Waals surface area contributed by atoms with Crippen molar-refractivity contribution in [2.45, 2.75) is 19.3 Å². The van der Waals surface area contributed by atoms with Gasteiger partial charge in [0.15, 0.2) is 0 Å². The van der Waals surface area contributed by atoms with Gasteiger partial charge in [-0.15, -0.1) is 6.58 Å². The zero-order valence-electron chi connectivity index (χ0n) is 18.9. The Morgan fingerprint density at radius 2 is 1.21 bits per heavy atom. The number of nitriles is 1. The summed E-state index contributed by atoms with van der Waals surface area (Å²) in [5, 5.41) is 8.93. The summed E-state index contributed by atoms with van der Waals surface area (Å²) in [5.74, 6) is 0.232.